The number of nitrogens with zero attached hydrogens (tertiary/aromatic N) is 1. The summed E-state index contributed by atoms with van der Waals surface area (Å²) >= 11 is 5.05. The summed E-state index contributed by atoms with van der Waals surface area (Å²) in [4.78, 5) is 14.6. The molecule has 1 aliphatic rings. The molecule has 1 saturated heterocycles. The summed E-state index contributed by atoms with van der Waals surface area (Å²) in [5.41, 5.74) is 5.02. The molecule has 2 N–H and O–H groups in total. The van der Waals surface area contributed by atoms with Gasteiger partial charge in [-0.25, -0.2) is 0 Å². The Morgan fingerprint density at radius 3 is 2.39 bits per heavy atom. The molecule has 1 unspecified atom stereocenters. The molecule has 1 aliphatic heterocycles. The third-order valence-electron chi connectivity index (χ3n) is 3.85. The minimum absolute atomic E-state index is 0.0625. The van der Waals surface area contributed by atoms with Crippen LogP contribution < -0.4 is 5.73 Å². The van der Waals surface area contributed by atoms with E-state index in [1.165, 1.54) is 0 Å². The van der Waals surface area contributed by atoms with E-state index in [2.05, 4.69) is 0 Å². The van der Waals surface area contributed by atoms with Gasteiger partial charge in [0.1, 0.15) is 0 Å². The number of ether oxygens (including phenoxy) is 1. The van der Waals surface area contributed by atoms with Crippen molar-refractivity contribution in [1.29, 1.82) is 0 Å². The molecule has 1 amide bonds. The lowest BCUT2D eigenvalue weighted by atomic mass is 9.85. The first-order valence-electron chi connectivity index (χ1n) is 6.66. The fourth-order valence-electron chi connectivity index (χ4n) is 2.24. The lowest BCUT2D eigenvalue weighted by Crippen LogP contribution is -2.51. The van der Waals surface area contributed by atoms with E-state index in [0.717, 1.165) is 32.5 Å². The van der Waals surface area contributed by atoms with Crippen molar-refractivity contribution >= 4 is 23.1 Å². The van der Waals surface area contributed by atoms with Crippen LogP contribution >= 0.6 is 12.2 Å². The van der Waals surface area contributed by atoms with Crippen molar-refractivity contribution in [3.8, 4) is 0 Å². The Morgan fingerprint density at radius 1 is 1.44 bits per heavy atom. The van der Waals surface area contributed by atoms with Gasteiger partial charge in [0.15, 0.2) is 0 Å². The van der Waals surface area contributed by atoms with Crippen molar-refractivity contribution in [1.82, 2.24) is 4.90 Å². The molecular formula is C13H24N2O2S. The van der Waals surface area contributed by atoms with Gasteiger partial charge in [0.2, 0.25) is 5.91 Å². The van der Waals surface area contributed by atoms with Gasteiger partial charge < -0.3 is 15.4 Å². The largest absolute Gasteiger partial charge is 0.392 e. The summed E-state index contributed by atoms with van der Waals surface area (Å²) in [6, 6.07) is 0. The maximum Gasteiger partial charge on any atom is 0.235 e. The number of carbonyl (C=O) groups excluding carboxylic acids is 1. The molecule has 1 atom stereocenters. The van der Waals surface area contributed by atoms with E-state index in [4.69, 9.17) is 22.7 Å². The van der Waals surface area contributed by atoms with Crippen LogP contribution in [0.4, 0.5) is 0 Å². The lowest BCUT2D eigenvalue weighted by molar-refractivity contribution is -0.140. The van der Waals surface area contributed by atoms with E-state index >= 15 is 0 Å². The van der Waals surface area contributed by atoms with E-state index in [9.17, 15) is 4.79 Å². The third kappa shape index (κ3) is 3.20. The Balaban J connectivity index is 2.62. The molecule has 0 radical (unpaired) electrons. The highest BCUT2D eigenvalue weighted by Crippen LogP contribution is 2.27. The number of hydrogen-bond acceptors (Lipinski definition) is 3. The topological polar surface area (TPSA) is 55.6 Å². The van der Waals surface area contributed by atoms with E-state index in [0.29, 0.717) is 11.4 Å². The molecule has 104 valence electrons. The van der Waals surface area contributed by atoms with Gasteiger partial charge >= 0.3 is 0 Å². The fraction of sp³-hybridized carbons (Fsp3) is 0.846. The summed E-state index contributed by atoms with van der Waals surface area (Å²) in [6.45, 7) is 8.00. The van der Waals surface area contributed by atoms with Crippen LogP contribution in [0.2, 0.25) is 0 Å². The molecule has 0 spiro atoms. The van der Waals surface area contributed by atoms with Gasteiger partial charge in [-0.2, -0.15) is 0 Å². The quantitative estimate of drug-likeness (QED) is 0.774. The minimum atomic E-state index is -0.701. The van der Waals surface area contributed by atoms with Crippen molar-refractivity contribution < 1.29 is 9.53 Å². The number of hydrogen-bond donors (Lipinski definition) is 1. The summed E-state index contributed by atoms with van der Waals surface area (Å²) in [7, 11) is 0. The molecule has 0 saturated carbocycles. The first-order valence-corrected chi connectivity index (χ1v) is 7.07. The molecule has 5 heteroatoms. The Kier molecular flexibility index (Phi) is 5.53. The summed E-state index contributed by atoms with van der Waals surface area (Å²) < 4.78 is 5.58. The molecule has 0 aromatic carbocycles. The molecule has 1 fully saturated rings. The predicted molar refractivity (Wildman–Crippen MR) is 76.4 cm³/mol. The van der Waals surface area contributed by atoms with Crippen LogP contribution in [-0.4, -0.2) is 41.6 Å². The van der Waals surface area contributed by atoms with Crippen LogP contribution in [0.15, 0.2) is 0 Å². The van der Waals surface area contributed by atoms with Crippen LogP contribution in [0, 0.1) is 5.41 Å². The average molecular weight is 272 g/mol. The highest BCUT2D eigenvalue weighted by atomic mass is 32.1. The summed E-state index contributed by atoms with van der Waals surface area (Å²) in [5, 5.41) is 0. The first kappa shape index (κ1) is 15.4. The SMILES string of the molecule is CCOC1CCN(C(=O)C(C)(CC)C(N)=S)CC1. The number of nitrogens with two attached hydrogens (primary N) is 1. The van der Waals surface area contributed by atoms with Crippen LogP contribution in [0.1, 0.15) is 40.0 Å². The average Bonchev–Trinajstić information content (AvgIpc) is 2.38. The van der Waals surface area contributed by atoms with E-state index in [-0.39, 0.29) is 12.0 Å². The first-order chi connectivity index (χ1) is 8.45. The third-order valence-corrected chi connectivity index (χ3v) is 4.31. The molecule has 0 aromatic heterocycles. The summed E-state index contributed by atoms with van der Waals surface area (Å²) in [5.74, 6) is 0.0625. The van der Waals surface area contributed by atoms with Gasteiger partial charge in [-0.05, 0) is 33.1 Å². The van der Waals surface area contributed by atoms with Crippen LogP contribution in [0.5, 0.6) is 0 Å². The van der Waals surface area contributed by atoms with Crippen LogP contribution in [-0.2, 0) is 9.53 Å². The van der Waals surface area contributed by atoms with Gasteiger partial charge in [-0.3, -0.25) is 4.79 Å². The van der Waals surface area contributed by atoms with Crippen molar-refractivity contribution in [2.24, 2.45) is 11.1 Å². The zero-order chi connectivity index (χ0) is 13.8. The Bertz CT molecular complexity index is 314. The number of carbonyl (C=O) groups is 1. The van der Waals surface area contributed by atoms with Gasteiger partial charge in [-0.15, -0.1) is 0 Å². The summed E-state index contributed by atoms with van der Waals surface area (Å²) in [6.07, 6.45) is 2.73. The molecule has 4 nitrogen and oxygen atoms in total. The zero-order valence-electron chi connectivity index (χ0n) is 11.6. The van der Waals surface area contributed by atoms with Crippen LogP contribution in [0.25, 0.3) is 0 Å². The van der Waals surface area contributed by atoms with Gasteiger partial charge in [-0.1, -0.05) is 19.1 Å². The maximum absolute atomic E-state index is 12.5. The Morgan fingerprint density at radius 2 is 2.00 bits per heavy atom. The standard InChI is InChI=1S/C13H24N2O2S/c1-4-13(3,11(14)18)12(16)15-8-6-10(7-9-15)17-5-2/h10H,4-9H2,1-3H3,(H2,14,18). The van der Waals surface area contributed by atoms with Gasteiger partial charge in [0.25, 0.3) is 0 Å². The second-order valence-corrected chi connectivity index (χ2v) is 5.44. The van der Waals surface area contributed by atoms with Gasteiger partial charge in [0.05, 0.1) is 16.5 Å². The Hall–Kier alpha value is -0.680. The molecule has 18 heavy (non-hydrogen) atoms. The van der Waals surface area contributed by atoms with Gasteiger partial charge in [0, 0.05) is 19.7 Å². The molecule has 0 aromatic rings. The monoisotopic (exact) mass is 272 g/mol. The van der Waals surface area contributed by atoms with E-state index < -0.39 is 5.41 Å². The number of piperidine rings is 1. The number of rotatable bonds is 5. The fourth-order valence-corrected chi connectivity index (χ4v) is 2.47. The zero-order valence-corrected chi connectivity index (χ0v) is 12.4. The molecule has 0 aliphatic carbocycles. The lowest BCUT2D eigenvalue weighted by Gasteiger charge is -2.37. The molecular weight excluding hydrogens is 248 g/mol. The highest BCUT2D eigenvalue weighted by Gasteiger charge is 2.39. The molecule has 0 bridgehead atoms. The molecule has 1 heterocycles. The number of likely N-dealkylation sites (tertiary alicyclic amines) is 1. The molecule has 1 rings (SSSR count). The predicted octanol–water partition coefficient (Wildman–Crippen LogP) is 1.72. The number of thiocarbonyl (C=S) groups is 1. The van der Waals surface area contributed by atoms with Crippen molar-refractivity contribution in [2.45, 2.75) is 46.1 Å². The maximum atomic E-state index is 12.5. The van der Waals surface area contributed by atoms with E-state index in [1.807, 2.05) is 25.7 Å². The minimum Gasteiger partial charge on any atom is -0.392 e. The second kappa shape index (κ2) is 6.48. The van der Waals surface area contributed by atoms with Crippen molar-refractivity contribution in [3.05, 3.63) is 0 Å². The second-order valence-electron chi connectivity index (χ2n) is 5.00. The van der Waals surface area contributed by atoms with Crippen molar-refractivity contribution in [2.75, 3.05) is 19.7 Å². The van der Waals surface area contributed by atoms with E-state index in [1.54, 1.807) is 0 Å². The normalized spacial score (nSPS) is 20.5. The van der Waals surface area contributed by atoms with Crippen molar-refractivity contribution in [3.63, 3.8) is 0 Å². The van der Waals surface area contributed by atoms with Crippen LogP contribution in [0.3, 0.4) is 0 Å². The Labute approximate surface area is 115 Å². The highest BCUT2D eigenvalue weighted by molar-refractivity contribution is 7.80. The number of amides is 1. The smallest absolute Gasteiger partial charge is 0.235 e.